The molecule has 1 saturated heterocycles. The van der Waals surface area contributed by atoms with Gasteiger partial charge in [-0.05, 0) is 12.1 Å². The SMILES string of the molecule is Cn1cc(S(=O)(=O)N2CC(S(=O)(=O)Nc3ccccc3)C2)cn1. The lowest BCUT2D eigenvalue weighted by molar-refractivity contribution is 0.310. The predicted octanol–water partition coefficient (Wildman–Crippen LogP) is 0.235. The van der Waals surface area contributed by atoms with Gasteiger partial charge in [0.25, 0.3) is 0 Å². The number of sulfonamides is 2. The van der Waals surface area contributed by atoms with Gasteiger partial charge >= 0.3 is 0 Å². The van der Waals surface area contributed by atoms with E-state index in [1.165, 1.54) is 17.1 Å². The Kier molecular flexibility index (Phi) is 3.90. The Balaban J connectivity index is 1.69. The molecule has 0 radical (unpaired) electrons. The van der Waals surface area contributed by atoms with Gasteiger partial charge in [0.2, 0.25) is 20.0 Å². The van der Waals surface area contributed by atoms with E-state index < -0.39 is 25.3 Å². The number of nitrogens with zero attached hydrogens (tertiary/aromatic N) is 3. The van der Waals surface area contributed by atoms with Gasteiger partial charge in [-0.3, -0.25) is 9.40 Å². The third-order valence-corrected chi connectivity index (χ3v) is 7.09. The first kappa shape index (κ1) is 16.0. The molecule has 0 spiro atoms. The quantitative estimate of drug-likeness (QED) is 0.827. The lowest BCUT2D eigenvalue weighted by Crippen LogP contribution is -2.57. The van der Waals surface area contributed by atoms with Crippen LogP contribution < -0.4 is 4.72 Å². The zero-order chi connectivity index (χ0) is 16.7. The summed E-state index contributed by atoms with van der Waals surface area (Å²) in [6, 6.07) is 8.50. The number of rotatable bonds is 5. The maximum absolute atomic E-state index is 12.3. The molecule has 0 bridgehead atoms. The smallest absolute Gasteiger partial charge is 0.246 e. The van der Waals surface area contributed by atoms with Gasteiger partial charge in [0.05, 0.1) is 6.20 Å². The Labute approximate surface area is 134 Å². The number of para-hydroxylation sites is 1. The predicted molar refractivity (Wildman–Crippen MR) is 84.7 cm³/mol. The van der Waals surface area contributed by atoms with Gasteiger partial charge < -0.3 is 0 Å². The summed E-state index contributed by atoms with van der Waals surface area (Å²) in [5, 5.41) is 3.06. The van der Waals surface area contributed by atoms with Gasteiger partial charge in [-0.1, -0.05) is 18.2 Å². The summed E-state index contributed by atoms with van der Waals surface area (Å²) in [5.41, 5.74) is 0.459. The standard InChI is InChI=1S/C13H16N4O4S2/c1-16-8-12(7-14-16)23(20,21)17-9-13(10-17)22(18,19)15-11-5-3-2-4-6-11/h2-8,13,15H,9-10H2,1H3. The summed E-state index contributed by atoms with van der Waals surface area (Å²) in [6.45, 7) is -0.140. The van der Waals surface area contributed by atoms with Crippen LogP contribution in [0.3, 0.4) is 0 Å². The lowest BCUT2D eigenvalue weighted by Gasteiger charge is -2.37. The highest BCUT2D eigenvalue weighted by atomic mass is 32.2. The Hall–Kier alpha value is -1.91. The molecule has 0 amide bonds. The van der Waals surface area contributed by atoms with Crippen molar-refractivity contribution >= 4 is 25.7 Å². The van der Waals surface area contributed by atoms with Crippen molar-refractivity contribution < 1.29 is 16.8 Å². The van der Waals surface area contributed by atoms with E-state index in [2.05, 4.69) is 9.82 Å². The molecule has 1 aromatic heterocycles. The van der Waals surface area contributed by atoms with Crippen LogP contribution >= 0.6 is 0 Å². The van der Waals surface area contributed by atoms with Crippen LogP contribution in [-0.4, -0.2) is 49.3 Å². The summed E-state index contributed by atoms with van der Waals surface area (Å²) in [4.78, 5) is 0.0619. The molecule has 124 valence electrons. The van der Waals surface area contributed by atoms with Crippen molar-refractivity contribution in [2.45, 2.75) is 10.1 Å². The van der Waals surface area contributed by atoms with Gasteiger partial charge in [0, 0.05) is 32.0 Å². The van der Waals surface area contributed by atoms with Crippen molar-refractivity contribution in [3.8, 4) is 0 Å². The van der Waals surface area contributed by atoms with Gasteiger partial charge in [-0.25, -0.2) is 16.8 Å². The molecular formula is C13H16N4O4S2. The topological polar surface area (TPSA) is 101 Å². The van der Waals surface area contributed by atoms with Crippen molar-refractivity contribution in [2.24, 2.45) is 7.05 Å². The molecule has 1 aromatic carbocycles. The Morgan fingerprint density at radius 1 is 1.13 bits per heavy atom. The summed E-state index contributed by atoms with van der Waals surface area (Å²) in [5.74, 6) is 0. The second-order valence-electron chi connectivity index (χ2n) is 5.31. The molecule has 2 aromatic rings. The normalized spacial score (nSPS) is 16.9. The van der Waals surface area contributed by atoms with Crippen LogP contribution in [0.4, 0.5) is 5.69 Å². The molecule has 0 atom stereocenters. The molecule has 1 N–H and O–H groups in total. The first-order valence-corrected chi connectivity index (χ1v) is 9.83. The first-order chi connectivity index (χ1) is 10.8. The van der Waals surface area contributed by atoms with E-state index >= 15 is 0 Å². The van der Waals surface area contributed by atoms with Gasteiger partial charge in [0.15, 0.2) is 0 Å². The van der Waals surface area contributed by atoms with E-state index in [4.69, 9.17) is 0 Å². The maximum Gasteiger partial charge on any atom is 0.246 e. The number of hydrogen-bond acceptors (Lipinski definition) is 5. The second kappa shape index (κ2) is 5.62. The highest BCUT2D eigenvalue weighted by Gasteiger charge is 2.44. The maximum atomic E-state index is 12.3. The van der Waals surface area contributed by atoms with Crippen molar-refractivity contribution in [3.05, 3.63) is 42.7 Å². The molecule has 0 unspecified atom stereocenters. The molecule has 8 nitrogen and oxygen atoms in total. The molecule has 2 heterocycles. The van der Waals surface area contributed by atoms with Crippen LogP contribution in [0.5, 0.6) is 0 Å². The average molecular weight is 356 g/mol. The molecule has 1 aliphatic rings. The zero-order valence-corrected chi connectivity index (χ0v) is 14.0. The van der Waals surface area contributed by atoms with E-state index in [0.717, 1.165) is 4.31 Å². The zero-order valence-electron chi connectivity index (χ0n) is 12.3. The van der Waals surface area contributed by atoms with E-state index in [0.29, 0.717) is 5.69 Å². The molecule has 0 aliphatic carbocycles. The number of hydrogen-bond donors (Lipinski definition) is 1. The molecular weight excluding hydrogens is 340 g/mol. The number of nitrogens with one attached hydrogen (secondary N) is 1. The number of anilines is 1. The third kappa shape index (κ3) is 3.09. The molecule has 23 heavy (non-hydrogen) atoms. The van der Waals surface area contributed by atoms with E-state index in [-0.39, 0.29) is 18.0 Å². The van der Waals surface area contributed by atoms with Crippen LogP contribution in [0, 0.1) is 0 Å². The summed E-state index contributed by atoms with van der Waals surface area (Å²) in [6.07, 6.45) is 2.64. The minimum absolute atomic E-state index is 0.0619. The Morgan fingerprint density at radius 2 is 1.78 bits per heavy atom. The van der Waals surface area contributed by atoms with Crippen LogP contribution in [0.25, 0.3) is 0 Å². The van der Waals surface area contributed by atoms with Gasteiger partial charge in [-0.15, -0.1) is 0 Å². The minimum Gasteiger partial charge on any atom is -0.283 e. The average Bonchev–Trinajstić information content (AvgIpc) is 2.84. The summed E-state index contributed by atoms with van der Waals surface area (Å²) < 4.78 is 54.1. The number of aryl methyl sites for hydroxylation is 1. The third-order valence-electron chi connectivity index (χ3n) is 3.61. The van der Waals surface area contributed by atoms with Crippen LogP contribution in [0.1, 0.15) is 0 Å². The Bertz CT molecular complexity index is 900. The Morgan fingerprint density at radius 3 is 2.35 bits per heavy atom. The van der Waals surface area contributed by atoms with Crippen molar-refractivity contribution in [2.75, 3.05) is 17.8 Å². The lowest BCUT2D eigenvalue weighted by atomic mass is 10.3. The van der Waals surface area contributed by atoms with Crippen LogP contribution in [0.15, 0.2) is 47.6 Å². The van der Waals surface area contributed by atoms with E-state index in [1.54, 1.807) is 37.4 Å². The minimum atomic E-state index is -3.69. The monoisotopic (exact) mass is 356 g/mol. The van der Waals surface area contributed by atoms with E-state index in [1.807, 2.05) is 0 Å². The summed E-state index contributed by atoms with van der Waals surface area (Å²) >= 11 is 0. The summed E-state index contributed by atoms with van der Waals surface area (Å²) in [7, 11) is -5.70. The van der Waals surface area contributed by atoms with Crippen molar-refractivity contribution in [1.29, 1.82) is 0 Å². The first-order valence-electron chi connectivity index (χ1n) is 6.84. The molecule has 10 heteroatoms. The van der Waals surface area contributed by atoms with Crippen LogP contribution in [0.2, 0.25) is 0 Å². The molecule has 1 fully saturated rings. The second-order valence-corrected chi connectivity index (χ2v) is 9.21. The highest BCUT2D eigenvalue weighted by molar-refractivity contribution is 7.93. The largest absolute Gasteiger partial charge is 0.283 e. The fourth-order valence-electron chi connectivity index (χ4n) is 2.23. The fourth-order valence-corrected chi connectivity index (χ4v) is 5.32. The number of benzene rings is 1. The van der Waals surface area contributed by atoms with Crippen LogP contribution in [-0.2, 0) is 27.1 Å². The molecule has 1 aliphatic heterocycles. The van der Waals surface area contributed by atoms with E-state index in [9.17, 15) is 16.8 Å². The molecule has 0 saturated carbocycles. The highest BCUT2D eigenvalue weighted by Crippen LogP contribution is 2.25. The molecule has 3 rings (SSSR count). The number of aromatic nitrogens is 2. The van der Waals surface area contributed by atoms with Crippen molar-refractivity contribution in [3.63, 3.8) is 0 Å². The van der Waals surface area contributed by atoms with Gasteiger partial charge in [0.1, 0.15) is 10.1 Å². The van der Waals surface area contributed by atoms with Gasteiger partial charge in [-0.2, -0.15) is 9.40 Å². The fraction of sp³-hybridized carbons (Fsp3) is 0.308. The van der Waals surface area contributed by atoms with Crippen molar-refractivity contribution in [1.82, 2.24) is 14.1 Å².